The van der Waals surface area contributed by atoms with E-state index in [1.807, 2.05) is 0 Å². The summed E-state index contributed by atoms with van der Waals surface area (Å²) in [6, 6.07) is 0. The van der Waals surface area contributed by atoms with Crippen LogP contribution in [0.3, 0.4) is 0 Å². The van der Waals surface area contributed by atoms with Crippen molar-refractivity contribution in [2.45, 2.75) is 71.1 Å². The molecule has 127 valence electrons. The molecule has 0 rings (SSSR count). The van der Waals surface area contributed by atoms with Crippen LogP contribution in [0.1, 0.15) is 71.1 Å². The highest BCUT2D eigenvalue weighted by atomic mass is 31.1. The third kappa shape index (κ3) is 18.0. The van der Waals surface area contributed by atoms with Crippen LogP contribution in [0.2, 0.25) is 0 Å². The first-order valence-electron chi connectivity index (χ1n) is 8.84. The number of likely N-dealkylation sites (N-methyl/N-ethyl adjacent to an activating group) is 1. The van der Waals surface area contributed by atoms with Crippen LogP contribution in [-0.2, 0) is 9.09 Å². The van der Waals surface area contributed by atoms with Gasteiger partial charge in [-0.25, -0.2) is 0 Å². The van der Waals surface area contributed by atoms with E-state index in [9.17, 15) is 4.57 Å². The van der Waals surface area contributed by atoms with Gasteiger partial charge in [0.25, 0.3) is 0 Å². The SMILES string of the molecule is CCCCCCCCCCCC[P](=O)OCC[N+](C)(C)C. The number of hydrogen-bond donors (Lipinski definition) is 0. The number of quaternary nitrogens is 1. The van der Waals surface area contributed by atoms with Crippen LogP contribution < -0.4 is 0 Å². The van der Waals surface area contributed by atoms with Crippen LogP contribution >= 0.6 is 8.03 Å². The number of nitrogens with zero attached hydrogens (tertiary/aromatic N) is 1. The Kier molecular flexibility index (Phi) is 13.7. The minimum atomic E-state index is -1.43. The van der Waals surface area contributed by atoms with Gasteiger partial charge in [0.15, 0.2) is 0 Å². The standard InChI is InChI=1S/C17H38NO2P/c1-5-6-7-8-9-10-11-12-13-14-17-21(19)20-16-15-18(2,3)4/h5-17H2,1-4H3/q+1. The molecule has 0 saturated heterocycles. The maximum absolute atomic E-state index is 11.7. The van der Waals surface area contributed by atoms with Gasteiger partial charge in [0.2, 0.25) is 8.03 Å². The molecule has 0 amide bonds. The van der Waals surface area contributed by atoms with Gasteiger partial charge in [-0.2, -0.15) is 0 Å². The molecule has 1 atom stereocenters. The van der Waals surface area contributed by atoms with E-state index < -0.39 is 8.03 Å². The lowest BCUT2D eigenvalue weighted by Gasteiger charge is -2.23. The Hall–Kier alpha value is 0.0200. The Labute approximate surface area is 133 Å². The molecule has 0 saturated carbocycles. The fraction of sp³-hybridized carbons (Fsp3) is 1.00. The summed E-state index contributed by atoms with van der Waals surface area (Å²) in [5, 5.41) is 0. The van der Waals surface area contributed by atoms with Crippen molar-refractivity contribution < 1.29 is 13.6 Å². The molecule has 1 unspecified atom stereocenters. The van der Waals surface area contributed by atoms with Crippen molar-refractivity contribution in [3.8, 4) is 0 Å². The number of rotatable bonds is 15. The van der Waals surface area contributed by atoms with Crippen molar-refractivity contribution in [3.63, 3.8) is 0 Å². The van der Waals surface area contributed by atoms with E-state index in [2.05, 4.69) is 28.1 Å². The Balaban J connectivity index is 3.22. The third-order valence-corrected chi connectivity index (χ3v) is 4.84. The van der Waals surface area contributed by atoms with Crippen molar-refractivity contribution in [3.05, 3.63) is 0 Å². The zero-order valence-electron chi connectivity index (χ0n) is 14.9. The van der Waals surface area contributed by atoms with Crippen molar-refractivity contribution in [1.82, 2.24) is 0 Å². The lowest BCUT2D eigenvalue weighted by atomic mass is 10.1. The average molecular weight is 319 g/mol. The van der Waals surface area contributed by atoms with Gasteiger partial charge >= 0.3 is 0 Å². The normalized spacial score (nSPS) is 12.7. The van der Waals surface area contributed by atoms with Gasteiger partial charge in [-0.05, 0) is 6.42 Å². The highest BCUT2D eigenvalue weighted by molar-refractivity contribution is 7.39. The molecule has 0 aromatic rings. The van der Waals surface area contributed by atoms with Crippen LogP contribution in [0, 0.1) is 0 Å². The molecule has 0 heterocycles. The summed E-state index contributed by atoms with van der Waals surface area (Å²) in [7, 11) is 4.94. The molecule has 0 aliphatic rings. The molecule has 0 aromatic heterocycles. The highest BCUT2D eigenvalue weighted by Crippen LogP contribution is 2.24. The van der Waals surface area contributed by atoms with Gasteiger partial charge < -0.3 is 4.48 Å². The van der Waals surface area contributed by atoms with Crippen LogP contribution in [0.15, 0.2) is 0 Å². The zero-order valence-corrected chi connectivity index (χ0v) is 15.8. The van der Waals surface area contributed by atoms with E-state index >= 15 is 0 Å². The molecular formula is C17H38NO2P+. The number of unbranched alkanes of at least 4 members (excludes halogenated alkanes) is 9. The summed E-state index contributed by atoms with van der Waals surface area (Å²) < 4.78 is 17.9. The predicted molar refractivity (Wildman–Crippen MR) is 93.2 cm³/mol. The molecule has 21 heavy (non-hydrogen) atoms. The minimum absolute atomic E-state index is 0.608. The maximum atomic E-state index is 11.7. The van der Waals surface area contributed by atoms with Crippen LogP contribution in [0.4, 0.5) is 0 Å². The molecule has 0 spiro atoms. The Bertz CT molecular complexity index is 252. The van der Waals surface area contributed by atoms with E-state index in [1.54, 1.807) is 0 Å². The fourth-order valence-electron chi connectivity index (χ4n) is 2.21. The minimum Gasteiger partial charge on any atom is -0.329 e. The smallest absolute Gasteiger partial charge is 0.212 e. The topological polar surface area (TPSA) is 26.3 Å². The number of hydrogen-bond acceptors (Lipinski definition) is 2. The van der Waals surface area contributed by atoms with Gasteiger partial charge in [-0.15, -0.1) is 0 Å². The predicted octanol–water partition coefficient (Wildman–Crippen LogP) is 5.37. The van der Waals surface area contributed by atoms with Gasteiger partial charge in [0.05, 0.1) is 21.1 Å². The largest absolute Gasteiger partial charge is 0.329 e. The van der Waals surface area contributed by atoms with Crippen molar-refractivity contribution in [1.29, 1.82) is 0 Å². The summed E-state index contributed by atoms with van der Waals surface area (Å²) >= 11 is 0. The second-order valence-corrected chi connectivity index (χ2v) is 8.46. The second-order valence-electron chi connectivity index (χ2n) is 7.09. The summed E-state index contributed by atoms with van der Waals surface area (Å²) in [6.45, 7) is 3.78. The molecule has 0 N–H and O–H groups in total. The van der Waals surface area contributed by atoms with Gasteiger partial charge in [-0.3, -0.25) is 9.09 Å². The van der Waals surface area contributed by atoms with Crippen LogP contribution in [-0.4, -0.2) is 44.9 Å². The quantitative estimate of drug-likeness (QED) is 0.230. The lowest BCUT2D eigenvalue weighted by molar-refractivity contribution is -0.870. The molecule has 1 radical (unpaired) electrons. The summed E-state index contributed by atoms with van der Waals surface area (Å²) in [5.74, 6) is 0. The summed E-state index contributed by atoms with van der Waals surface area (Å²) in [6.07, 6.45) is 13.9. The van der Waals surface area contributed by atoms with Crippen LogP contribution in [0.25, 0.3) is 0 Å². The molecular weight excluding hydrogens is 281 g/mol. The Morgan fingerprint density at radius 1 is 0.810 bits per heavy atom. The molecule has 0 aromatic carbocycles. The van der Waals surface area contributed by atoms with E-state index in [-0.39, 0.29) is 0 Å². The third-order valence-electron chi connectivity index (χ3n) is 3.69. The fourth-order valence-corrected chi connectivity index (χ4v) is 3.11. The molecule has 0 bridgehead atoms. The zero-order chi connectivity index (χ0) is 16.0. The lowest BCUT2D eigenvalue weighted by Crippen LogP contribution is -2.37. The van der Waals surface area contributed by atoms with Gasteiger partial charge in [0.1, 0.15) is 13.2 Å². The Morgan fingerprint density at radius 2 is 1.29 bits per heavy atom. The average Bonchev–Trinajstić information content (AvgIpc) is 2.39. The van der Waals surface area contributed by atoms with Crippen molar-refractivity contribution in [2.75, 3.05) is 40.5 Å². The summed E-state index contributed by atoms with van der Waals surface area (Å²) in [4.78, 5) is 0. The Morgan fingerprint density at radius 3 is 1.76 bits per heavy atom. The summed E-state index contributed by atoms with van der Waals surface area (Å²) in [5.41, 5.74) is 0. The molecule has 3 nitrogen and oxygen atoms in total. The second kappa shape index (κ2) is 13.7. The first-order chi connectivity index (χ1) is 9.95. The van der Waals surface area contributed by atoms with Gasteiger partial charge in [-0.1, -0.05) is 64.7 Å². The highest BCUT2D eigenvalue weighted by Gasteiger charge is 2.08. The van der Waals surface area contributed by atoms with E-state index in [4.69, 9.17) is 4.52 Å². The molecule has 0 aliphatic carbocycles. The van der Waals surface area contributed by atoms with Crippen LogP contribution in [0.5, 0.6) is 0 Å². The molecule has 0 fully saturated rings. The van der Waals surface area contributed by atoms with Gasteiger partial charge in [0, 0.05) is 6.16 Å². The first kappa shape index (κ1) is 21.0. The molecule has 0 aliphatic heterocycles. The van der Waals surface area contributed by atoms with Crippen molar-refractivity contribution in [2.24, 2.45) is 0 Å². The van der Waals surface area contributed by atoms with E-state index in [1.165, 1.54) is 57.8 Å². The van der Waals surface area contributed by atoms with E-state index in [0.29, 0.717) is 6.61 Å². The molecule has 4 heteroatoms. The van der Waals surface area contributed by atoms with Crippen molar-refractivity contribution >= 4 is 8.03 Å². The van der Waals surface area contributed by atoms with E-state index in [0.717, 1.165) is 23.6 Å². The first-order valence-corrected chi connectivity index (χ1v) is 10.2. The maximum Gasteiger partial charge on any atom is 0.212 e. The monoisotopic (exact) mass is 319 g/mol.